The van der Waals surface area contributed by atoms with E-state index in [1.165, 1.54) is 49.8 Å². The van der Waals surface area contributed by atoms with Crippen molar-refractivity contribution in [3.8, 4) is 0 Å². The number of methoxy groups -OCH3 is 1. The van der Waals surface area contributed by atoms with E-state index in [2.05, 4.69) is 17.1 Å². The van der Waals surface area contributed by atoms with Gasteiger partial charge in [0, 0.05) is 25.1 Å². The maximum Gasteiger partial charge on any atom is 0.221 e. The van der Waals surface area contributed by atoms with Crippen molar-refractivity contribution >= 4 is 0 Å². The zero-order valence-corrected chi connectivity index (χ0v) is 12.6. The molecule has 0 amide bonds. The molecule has 21 heavy (non-hydrogen) atoms. The summed E-state index contributed by atoms with van der Waals surface area (Å²) < 4.78 is 17.3. The number of ether oxygens (including phenoxy) is 3. The van der Waals surface area contributed by atoms with Gasteiger partial charge in [0.05, 0.1) is 0 Å². The number of hydrogen-bond acceptors (Lipinski definition) is 4. The van der Waals surface area contributed by atoms with Crippen molar-refractivity contribution in [3.05, 3.63) is 23.3 Å². The van der Waals surface area contributed by atoms with Gasteiger partial charge in [0.15, 0.2) is 6.79 Å². The van der Waals surface area contributed by atoms with Crippen LogP contribution in [-0.2, 0) is 14.2 Å². The molecule has 4 heteroatoms. The topological polar surface area (TPSA) is 30.9 Å². The molecule has 0 aromatic heterocycles. The summed E-state index contributed by atoms with van der Waals surface area (Å²) in [6.45, 7) is 2.65. The minimum Gasteiger partial charge on any atom is -0.347 e. The van der Waals surface area contributed by atoms with Gasteiger partial charge < -0.3 is 14.2 Å². The summed E-state index contributed by atoms with van der Waals surface area (Å²) in [5.74, 6) is -0.680. The monoisotopic (exact) mass is 289 g/mol. The Bertz CT molecular complexity index is 538. The molecule has 0 spiro atoms. The smallest absolute Gasteiger partial charge is 0.221 e. The van der Waals surface area contributed by atoms with Crippen molar-refractivity contribution in [2.45, 2.75) is 50.0 Å². The highest BCUT2D eigenvalue weighted by molar-refractivity contribution is 5.49. The van der Waals surface area contributed by atoms with Crippen LogP contribution < -0.4 is 0 Å². The van der Waals surface area contributed by atoms with E-state index in [0.717, 1.165) is 12.6 Å². The van der Waals surface area contributed by atoms with E-state index >= 15 is 0 Å². The first kappa shape index (κ1) is 12.8. The standard InChI is InChI=1S/C17H23NO3/c1-19-17-9-13-12(8-15(17)20-11-21-17)10-18-7-6-16(13)5-3-2-4-14(16)18/h8-9,14-15H,2-7,10-11H2,1H3/t14-,15?,16-,17?/m1/s1. The molecule has 5 atom stereocenters. The fourth-order valence-electron chi connectivity index (χ4n) is 5.49. The minimum absolute atomic E-state index is 0.0848. The lowest BCUT2D eigenvalue weighted by molar-refractivity contribution is -0.160. The molecular formula is C17H23NO3. The quantitative estimate of drug-likeness (QED) is 0.740. The van der Waals surface area contributed by atoms with Crippen molar-refractivity contribution < 1.29 is 14.2 Å². The molecule has 3 unspecified atom stereocenters. The van der Waals surface area contributed by atoms with E-state index in [1.807, 2.05) is 0 Å². The van der Waals surface area contributed by atoms with Gasteiger partial charge in [-0.2, -0.15) is 0 Å². The molecule has 0 aromatic carbocycles. The van der Waals surface area contributed by atoms with Crippen molar-refractivity contribution in [1.82, 2.24) is 4.90 Å². The third kappa shape index (κ3) is 1.49. The number of piperidine rings is 1. The first-order chi connectivity index (χ1) is 10.3. The molecule has 3 aliphatic heterocycles. The average molecular weight is 289 g/mol. The lowest BCUT2D eigenvalue weighted by atomic mass is 9.61. The van der Waals surface area contributed by atoms with Crippen LogP contribution >= 0.6 is 0 Å². The summed E-state index contributed by atoms with van der Waals surface area (Å²) in [7, 11) is 1.73. The molecule has 3 saturated heterocycles. The average Bonchev–Trinajstić information content (AvgIpc) is 3.06. The molecule has 2 bridgehead atoms. The fraction of sp³-hybridized carbons (Fsp3) is 0.765. The van der Waals surface area contributed by atoms with Crippen LogP contribution in [0.25, 0.3) is 0 Å². The molecule has 0 aromatic rings. The van der Waals surface area contributed by atoms with Gasteiger partial charge >= 0.3 is 0 Å². The second kappa shape index (κ2) is 4.19. The molecule has 5 aliphatic rings. The zero-order chi connectivity index (χ0) is 14.1. The predicted octanol–water partition coefficient (Wildman–Crippen LogP) is 2.22. The molecule has 0 radical (unpaired) electrons. The van der Waals surface area contributed by atoms with Crippen LogP contribution in [0.3, 0.4) is 0 Å². The third-order valence-electron chi connectivity index (χ3n) is 6.48. The van der Waals surface area contributed by atoms with Gasteiger partial charge in [0.25, 0.3) is 0 Å². The first-order valence-corrected chi connectivity index (χ1v) is 8.27. The Morgan fingerprint density at radius 2 is 2.29 bits per heavy atom. The SMILES string of the molecule is COC12C=C3C(=CC1OCO2)CN1CC[C@]32CCCC[C@@H]12. The molecular weight excluding hydrogens is 266 g/mol. The van der Waals surface area contributed by atoms with E-state index in [1.54, 1.807) is 7.11 Å². The Labute approximate surface area is 125 Å². The molecule has 114 valence electrons. The molecule has 5 rings (SSSR count). The van der Waals surface area contributed by atoms with Crippen molar-refractivity contribution in [3.63, 3.8) is 0 Å². The van der Waals surface area contributed by atoms with Crippen LogP contribution in [0, 0.1) is 5.41 Å². The Balaban J connectivity index is 1.65. The van der Waals surface area contributed by atoms with Crippen LogP contribution in [0.1, 0.15) is 32.1 Å². The summed E-state index contributed by atoms with van der Waals surface area (Å²) in [5, 5.41) is 0. The van der Waals surface area contributed by atoms with E-state index in [-0.39, 0.29) is 6.10 Å². The largest absolute Gasteiger partial charge is 0.347 e. The maximum atomic E-state index is 5.85. The van der Waals surface area contributed by atoms with Crippen LogP contribution in [0.5, 0.6) is 0 Å². The minimum atomic E-state index is -0.680. The summed E-state index contributed by atoms with van der Waals surface area (Å²) in [6.07, 6.45) is 11.2. The number of nitrogens with zero attached hydrogens (tertiary/aromatic N) is 1. The summed E-state index contributed by atoms with van der Waals surface area (Å²) >= 11 is 0. The Kier molecular flexibility index (Phi) is 2.56. The summed E-state index contributed by atoms with van der Waals surface area (Å²) in [6, 6.07) is 0.738. The molecule has 4 fully saturated rings. The van der Waals surface area contributed by atoms with Crippen molar-refractivity contribution in [2.75, 3.05) is 27.0 Å². The Morgan fingerprint density at radius 3 is 3.19 bits per heavy atom. The maximum absolute atomic E-state index is 5.85. The van der Waals surface area contributed by atoms with E-state index in [9.17, 15) is 0 Å². The van der Waals surface area contributed by atoms with Crippen LogP contribution in [0.4, 0.5) is 0 Å². The molecule has 1 saturated carbocycles. The van der Waals surface area contributed by atoms with E-state index < -0.39 is 5.79 Å². The number of hydrogen-bond donors (Lipinski definition) is 0. The second-order valence-corrected chi connectivity index (χ2v) is 7.16. The van der Waals surface area contributed by atoms with Crippen LogP contribution in [0.15, 0.2) is 23.3 Å². The fourth-order valence-corrected chi connectivity index (χ4v) is 5.49. The summed E-state index contributed by atoms with van der Waals surface area (Å²) in [4.78, 5) is 2.71. The predicted molar refractivity (Wildman–Crippen MR) is 77.6 cm³/mol. The number of fused-ring (bicyclic) bond motifs is 2. The third-order valence-corrected chi connectivity index (χ3v) is 6.48. The lowest BCUT2D eigenvalue weighted by Crippen LogP contribution is -2.52. The van der Waals surface area contributed by atoms with Gasteiger partial charge in [0.1, 0.15) is 6.10 Å². The molecule has 4 nitrogen and oxygen atoms in total. The molecule has 0 N–H and O–H groups in total. The summed E-state index contributed by atoms with van der Waals surface area (Å²) in [5.41, 5.74) is 3.34. The highest BCUT2D eigenvalue weighted by Gasteiger charge is 2.58. The Morgan fingerprint density at radius 1 is 1.33 bits per heavy atom. The van der Waals surface area contributed by atoms with Crippen molar-refractivity contribution in [2.24, 2.45) is 5.41 Å². The lowest BCUT2D eigenvalue weighted by Gasteiger charge is -2.50. The normalized spacial score (nSPS) is 50.8. The van der Waals surface area contributed by atoms with Gasteiger partial charge in [-0.1, -0.05) is 12.8 Å². The highest BCUT2D eigenvalue weighted by Crippen LogP contribution is 2.58. The van der Waals surface area contributed by atoms with Crippen LogP contribution in [0.2, 0.25) is 0 Å². The highest BCUT2D eigenvalue weighted by atomic mass is 16.8. The van der Waals surface area contributed by atoms with Gasteiger partial charge in [-0.25, -0.2) is 0 Å². The van der Waals surface area contributed by atoms with Crippen molar-refractivity contribution in [1.29, 1.82) is 0 Å². The second-order valence-electron chi connectivity index (χ2n) is 7.16. The van der Waals surface area contributed by atoms with Gasteiger partial charge in [-0.3, -0.25) is 4.90 Å². The number of rotatable bonds is 1. The zero-order valence-electron chi connectivity index (χ0n) is 12.6. The molecule has 3 heterocycles. The first-order valence-electron chi connectivity index (χ1n) is 8.27. The van der Waals surface area contributed by atoms with Gasteiger partial charge in [0.2, 0.25) is 5.79 Å². The van der Waals surface area contributed by atoms with Gasteiger partial charge in [-0.15, -0.1) is 0 Å². The van der Waals surface area contributed by atoms with E-state index in [0.29, 0.717) is 12.2 Å². The molecule has 2 aliphatic carbocycles. The van der Waals surface area contributed by atoms with Crippen LogP contribution in [-0.4, -0.2) is 49.8 Å². The Hall–Kier alpha value is -0.680. The van der Waals surface area contributed by atoms with E-state index in [4.69, 9.17) is 14.2 Å². The van der Waals surface area contributed by atoms with Gasteiger partial charge in [-0.05, 0) is 49.1 Å².